The molecule has 0 aliphatic heterocycles. The number of thioether (sulfide) groups is 1. The van der Waals surface area contributed by atoms with E-state index < -0.39 is 0 Å². The molecular weight excluding hydrogens is 362 g/mol. The van der Waals surface area contributed by atoms with Crippen LogP contribution in [0.3, 0.4) is 0 Å². The van der Waals surface area contributed by atoms with Crippen LogP contribution in [0.5, 0.6) is 0 Å². The molecule has 2 aromatic heterocycles. The Morgan fingerprint density at radius 3 is 3.00 bits per heavy atom. The van der Waals surface area contributed by atoms with Crippen LogP contribution in [0.25, 0.3) is 5.69 Å². The first-order valence-electron chi connectivity index (χ1n) is 8.74. The maximum Gasteiger partial charge on any atom is 0.233 e. The summed E-state index contributed by atoms with van der Waals surface area (Å²) in [6.45, 7) is 2.80. The van der Waals surface area contributed by atoms with Gasteiger partial charge in [-0.1, -0.05) is 23.9 Å². The lowest BCUT2D eigenvalue weighted by Gasteiger charge is -2.22. The van der Waals surface area contributed by atoms with E-state index in [-0.39, 0.29) is 5.91 Å². The van der Waals surface area contributed by atoms with E-state index in [0.717, 1.165) is 30.2 Å². The molecule has 4 rings (SSSR count). The SMILES string of the molecule is Cc1cccc(-n2ccnc2SCC(=O)N(Cc2ccsc2)C2CC2)c1. The van der Waals surface area contributed by atoms with Gasteiger partial charge in [-0.3, -0.25) is 9.36 Å². The van der Waals surface area contributed by atoms with Crippen molar-refractivity contribution < 1.29 is 4.79 Å². The lowest BCUT2D eigenvalue weighted by Crippen LogP contribution is -2.33. The molecule has 1 aromatic carbocycles. The van der Waals surface area contributed by atoms with Crippen molar-refractivity contribution in [2.45, 2.75) is 37.5 Å². The molecule has 1 saturated carbocycles. The van der Waals surface area contributed by atoms with Crippen LogP contribution in [0, 0.1) is 6.92 Å². The quantitative estimate of drug-likeness (QED) is 0.563. The van der Waals surface area contributed by atoms with Crippen LogP contribution in [-0.4, -0.2) is 32.2 Å². The number of rotatable bonds is 7. The zero-order valence-electron chi connectivity index (χ0n) is 14.7. The predicted molar refractivity (Wildman–Crippen MR) is 107 cm³/mol. The third-order valence-corrected chi connectivity index (χ3v) is 6.14. The summed E-state index contributed by atoms with van der Waals surface area (Å²) in [5, 5.41) is 5.05. The lowest BCUT2D eigenvalue weighted by molar-refractivity contribution is -0.129. The van der Waals surface area contributed by atoms with E-state index in [1.807, 2.05) is 21.7 Å². The number of nitrogens with zero attached hydrogens (tertiary/aromatic N) is 3. The van der Waals surface area contributed by atoms with Gasteiger partial charge in [-0.2, -0.15) is 11.3 Å². The van der Waals surface area contributed by atoms with Gasteiger partial charge in [0, 0.05) is 30.7 Å². The molecule has 0 unspecified atom stereocenters. The molecule has 3 aromatic rings. The first-order chi connectivity index (χ1) is 12.7. The zero-order valence-corrected chi connectivity index (χ0v) is 16.3. The van der Waals surface area contributed by atoms with Crippen LogP contribution in [0.1, 0.15) is 24.0 Å². The second-order valence-corrected chi connectivity index (χ2v) is 8.31. The van der Waals surface area contributed by atoms with Gasteiger partial charge in [-0.25, -0.2) is 4.98 Å². The molecular formula is C20H21N3OS2. The Bertz CT molecular complexity index is 884. The number of aromatic nitrogens is 2. The number of hydrogen-bond donors (Lipinski definition) is 0. The van der Waals surface area contributed by atoms with Crippen molar-refractivity contribution in [1.82, 2.24) is 14.5 Å². The lowest BCUT2D eigenvalue weighted by atomic mass is 10.2. The first kappa shape index (κ1) is 17.4. The molecule has 0 radical (unpaired) electrons. The molecule has 134 valence electrons. The Kier molecular flexibility index (Phi) is 5.13. The van der Waals surface area contributed by atoms with Gasteiger partial charge in [0.2, 0.25) is 5.91 Å². The minimum Gasteiger partial charge on any atom is -0.335 e. The highest BCUT2D eigenvalue weighted by molar-refractivity contribution is 7.99. The summed E-state index contributed by atoms with van der Waals surface area (Å²) >= 11 is 3.19. The molecule has 26 heavy (non-hydrogen) atoms. The van der Waals surface area contributed by atoms with E-state index in [4.69, 9.17) is 0 Å². The van der Waals surface area contributed by atoms with E-state index in [9.17, 15) is 4.79 Å². The van der Waals surface area contributed by atoms with E-state index >= 15 is 0 Å². The van der Waals surface area contributed by atoms with E-state index in [1.54, 1.807) is 17.5 Å². The van der Waals surface area contributed by atoms with E-state index in [1.165, 1.54) is 22.9 Å². The van der Waals surface area contributed by atoms with Crippen molar-refractivity contribution in [3.05, 3.63) is 64.6 Å². The van der Waals surface area contributed by atoms with Crippen LogP contribution in [-0.2, 0) is 11.3 Å². The maximum absolute atomic E-state index is 12.8. The number of amides is 1. The Morgan fingerprint density at radius 1 is 1.38 bits per heavy atom. The van der Waals surface area contributed by atoms with E-state index in [0.29, 0.717) is 11.8 Å². The summed E-state index contributed by atoms with van der Waals surface area (Å²) in [4.78, 5) is 19.3. The average molecular weight is 384 g/mol. The summed E-state index contributed by atoms with van der Waals surface area (Å²) in [5.41, 5.74) is 3.51. The van der Waals surface area contributed by atoms with Crippen LogP contribution < -0.4 is 0 Å². The molecule has 4 nitrogen and oxygen atoms in total. The van der Waals surface area contributed by atoms with E-state index in [2.05, 4.69) is 46.9 Å². The highest BCUT2D eigenvalue weighted by Gasteiger charge is 2.32. The number of carbonyl (C=O) groups excluding carboxylic acids is 1. The molecule has 1 amide bonds. The van der Waals surface area contributed by atoms with Gasteiger partial charge in [0.1, 0.15) is 0 Å². The van der Waals surface area contributed by atoms with Gasteiger partial charge in [0.25, 0.3) is 0 Å². The van der Waals surface area contributed by atoms with Crippen molar-refractivity contribution in [3.8, 4) is 5.69 Å². The standard InChI is InChI=1S/C20H21N3OS2/c1-15-3-2-4-18(11-15)22-9-8-21-20(22)26-14-19(24)23(17-5-6-17)12-16-7-10-25-13-16/h2-4,7-11,13,17H,5-6,12,14H2,1H3. The maximum atomic E-state index is 12.8. The number of benzene rings is 1. The van der Waals surface area contributed by atoms with Crippen LogP contribution in [0.4, 0.5) is 0 Å². The monoisotopic (exact) mass is 383 g/mol. The van der Waals surface area contributed by atoms with Gasteiger partial charge in [-0.05, 0) is 59.9 Å². The Labute approximate surface area is 161 Å². The summed E-state index contributed by atoms with van der Waals surface area (Å²) < 4.78 is 2.05. The van der Waals surface area contributed by atoms with Gasteiger partial charge in [-0.15, -0.1) is 0 Å². The zero-order chi connectivity index (χ0) is 17.9. The Morgan fingerprint density at radius 2 is 2.27 bits per heavy atom. The second-order valence-electron chi connectivity index (χ2n) is 6.59. The highest BCUT2D eigenvalue weighted by Crippen LogP contribution is 2.30. The molecule has 0 bridgehead atoms. The van der Waals surface area contributed by atoms with Crippen molar-refractivity contribution in [2.75, 3.05) is 5.75 Å². The number of thiophene rings is 1. The fourth-order valence-electron chi connectivity index (χ4n) is 2.97. The Balaban J connectivity index is 1.44. The average Bonchev–Trinajstić information content (AvgIpc) is 3.15. The summed E-state index contributed by atoms with van der Waals surface area (Å²) in [5.74, 6) is 0.617. The van der Waals surface area contributed by atoms with Gasteiger partial charge >= 0.3 is 0 Å². The Hall–Kier alpha value is -2.05. The normalized spacial score (nSPS) is 13.7. The largest absolute Gasteiger partial charge is 0.335 e. The summed E-state index contributed by atoms with van der Waals surface area (Å²) in [6, 6.07) is 10.8. The molecule has 0 atom stereocenters. The van der Waals surface area contributed by atoms with Crippen molar-refractivity contribution in [3.63, 3.8) is 0 Å². The second kappa shape index (κ2) is 7.68. The van der Waals surface area contributed by atoms with Crippen molar-refractivity contribution in [2.24, 2.45) is 0 Å². The molecule has 0 N–H and O–H groups in total. The van der Waals surface area contributed by atoms with Gasteiger partial charge in [0.15, 0.2) is 5.16 Å². The highest BCUT2D eigenvalue weighted by atomic mass is 32.2. The smallest absolute Gasteiger partial charge is 0.233 e. The van der Waals surface area contributed by atoms with Crippen molar-refractivity contribution in [1.29, 1.82) is 0 Å². The molecule has 1 aliphatic carbocycles. The van der Waals surface area contributed by atoms with Crippen LogP contribution >= 0.6 is 23.1 Å². The minimum atomic E-state index is 0.197. The molecule has 2 heterocycles. The fraction of sp³-hybridized carbons (Fsp3) is 0.300. The summed E-state index contributed by atoms with van der Waals surface area (Å²) in [6.07, 6.45) is 5.99. The first-order valence-corrected chi connectivity index (χ1v) is 10.7. The van der Waals surface area contributed by atoms with Gasteiger partial charge in [0.05, 0.1) is 5.75 Å². The molecule has 1 aliphatic rings. The molecule has 0 saturated heterocycles. The molecule has 1 fully saturated rings. The number of hydrogen-bond acceptors (Lipinski definition) is 4. The van der Waals surface area contributed by atoms with Crippen LogP contribution in [0.15, 0.2) is 58.6 Å². The van der Waals surface area contributed by atoms with Crippen LogP contribution in [0.2, 0.25) is 0 Å². The third-order valence-electron chi connectivity index (χ3n) is 4.45. The predicted octanol–water partition coefficient (Wildman–Crippen LogP) is 4.53. The number of imidazole rings is 1. The molecule has 0 spiro atoms. The van der Waals surface area contributed by atoms with Crippen molar-refractivity contribution >= 4 is 29.0 Å². The number of aryl methyl sites for hydroxylation is 1. The number of carbonyl (C=O) groups is 1. The fourth-order valence-corrected chi connectivity index (χ4v) is 4.49. The van der Waals surface area contributed by atoms with Gasteiger partial charge < -0.3 is 4.90 Å². The third kappa shape index (κ3) is 4.02. The molecule has 6 heteroatoms. The topological polar surface area (TPSA) is 38.1 Å². The minimum absolute atomic E-state index is 0.197. The summed E-state index contributed by atoms with van der Waals surface area (Å²) in [7, 11) is 0.